The lowest BCUT2D eigenvalue weighted by atomic mass is 9.90. The predicted molar refractivity (Wildman–Crippen MR) is 157 cm³/mol. The number of halogens is 4. The van der Waals surface area contributed by atoms with Gasteiger partial charge in [0.2, 0.25) is 0 Å². The number of ketones is 1. The molecular weight excluding hydrogens is 547 g/mol. The average molecular weight is 580 g/mol. The molecule has 7 heteroatoms. The van der Waals surface area contributed by atoms with Gasteiger partial charge in [-0.05, 0) is 53.8 Å². The Hall–Kier alpha value is -3.61. The summed E-state index contributed by atoms with van der Waals surface area (Å²) in [5.41, 5.74) is 2.74. The van der Waals surface area contributed by atoms with E-state index in [1.807, 2.05) is 60.7 Å². The van der Waals surface area contributed by atoms with Crippen LogP contribution in [0.15, 0.2) is 103 Å². The lowest BCUT2D eigenvalue weighted by Crippen LogP contribution is -2.31. The predicted octanol–water partition coefficient (Wildman–Crippen LogP) is 8.59. The van der Waals surface area contributed by atoms with Crippen LogP contribution in [0.2, 0.25) is 5.02 Å². The number of nitrogens with zero attached hydrogens (tertiary/aromatic N) is 1. The van der Waals surface area contributed by atoms with Crippen molar-refractivity contribution in [1.29, 1.82) is 0 Å². The zero-order valence-electron chi connectivity index (χ0n) is 22.9. The third-order valence-electron chi connectivity index (χ3n) is 6.86. The SMILES string of the molecule is CC(=O)Cc1cccc(OCCCN(Cc2cccc(C(F)(F)F)c2Cl)CC(c2ccccc2)c2ccccc2)c1. The Bertz CT molecular complexity index is 1370. The van der Waals surface area contributed by atoms with Crippen LogP contribution in [0.5, 0.6) is 5.75 Å². The number of hydrogen-bond donors (Lipinski definition) is 0. The molecule has 3 nitrogen and oxygen atoms in total. The quantitative estimate of drug-likeness (QED) is 0.149. The van der Waals surface area contributed by atoms with Crippen molar-refractivity contribution in [2.75, 3.05) is 19.7 Å². The second-order valence-electron chi connectivity index (χ2n) is 10.1. The highest BCUT2D eigenvalue weighted by Gasteiger charge is 2.34. The fourth-order valence-electron chi connectivity index (χ4n) is 4.94. The van der Waals surface area contributed by atoms with Gasteiger partial charge >= 0.3 is 6.18 Å². The standard InChI is InChI=1S/C34H33ClF3NO2/c1-25(40)21-26-11-8-17-30(22-26)41-20-10-19-39(23-29-16-9-18-32(33(29)35)34(36,37)38)24-31(27-12-4-2-5-13-27)28-14-6-3-7-15-28/h2-9,11-18,22,31H,10,19-21,23-24H2,1H3. The van der Waals surface area contributed by atoms with Crippen LogP contribution in [0, 0.1) is 0 Å². The number of ether oxygens (including phenoxy) is 1. The van der Waals surface area contributed by atoms with E-state index >= 15 is 0 Å². The fourth-order valence-corrected chi connectivity index (χ4v) is 5.23. The lowest BCUT2D eigenvalue weighted by molar-refractivity contribution is -0.137. The van der Waals surface area contributed by atoms with Gasteiger partial charge in [-0.2, -0.15) is 13.2 Å². The third kappa shape index (κ3) is 8.94. The number of carbonyl (C=O) groups excluding carboxylic acids is 1. The molecule has 41 heavy (non-hydrogen) atoms. The molecule has 0 atom stereocenters. The molecular formula is C34H33ClF3NO2. The van der Waals surface area contributed by atoms with Crippen molar-refractivity contribution >= 4 is 17.4 Å². The summed E-state index contributed by atoms with van der Waals surface area (Å²) in [5, 5.41) is -0.264. The highest BCUT2D eigenvalue weighted by atomic mass is 35.5. The van der Waals surface area contributed by atoms with Gasteiger partial charge in [-0.1, -0.05) is 96.5 Å². The van der Waals surface area contributed by atoms with Crippen molar-refractivity contribution in [1.82, 2.24) is 4.90 Å². The largest absolute Gasteiger partial charge is 0.494 e. The molecule has 0 heterocycles. The average Bonchev–Trinajstić information content (AvgIpc) is 2.95. The highest BCUT2D eigenvalue weighted by Crippen LogP contribution is 2.37. The summed E-state index contributed by atoms with van der Waals surface area (Å²) >= 11 is 6.30. The molecule has 0 saturated heterocycles. The van der Waals surface area contributed by atoms with E-state index in [0.29, 0.717) is 43.9 Å². The smallest absolute Gasteiger partial charge is 0.417 e. The van der Waals surface area contributed by atoms with Gasteiger partial charge in [-0.25, -0.2) is 0 Å². The maximum atomic E-state index is 13.6. The van der Waals surface area contributed by atoms with Crippen LogP contribution in [0.3, 0.4) is 0 Å². The number of carbonyl (C=O) groups is 1. The zero-order chi connectivity index (χ0) is 29.2. The second kappa shape index (κ2) is 14.3. The van der Waals surface area contributed by atoms with Gasteiger partial charge in [-0.3, -0.25) is 9.69 Å². The first kappa shape index (κ1) is 30.4. The molecule has 0 spiro atoms. The first-order valence-corrected chi connectivity index (χ1v) is 14.0. The maximum Gasteiger partial charge on any atom is 0.417 e. The number of Topliss-reactive ketones (excluding diaryl/α,β-unsaturated/α-hetero) is 1. The van der Waals surface area contributed by atoms with Crippen molar-refractivity contribution in [3.63, 3.8) is 0 Å². The Morgan fingerprint density at radius 1 is 0.878 bits per heavy atom. The van der Waals surface area contributed by atoms with E-state index in [9.17, 15) is 18.0 Å². The fraction of sp³-hybridized carbons (Fsp3) is 0.265. The van der Waals surface area contributed by atoms with Crippen LogP contribution in [-0.2, 0) is 23.9 Å². The van der Waals surface area contributed by atoms with Gasteiger partial charge in [0.25, 0.3) is 0 Å². The summed E-state index contributed by atoms with van der Waals surface area (Å²) in [7, 11) is 0. The van der Waals surface area contributed by atoms with Crippen LogP contribution in [-0.4, -0.2) is 30.4 Å². The summed E-state index contributed by atoms with van der Waals surface area (Å²) in [6.45, 7) is 3.38. The van der Waals surface area contributed by atoms with Crippen molar-refractivity contribution in [3.05, 3.63) is 136 Å². The topological polar surface area (TPSA) is 29.5 Å². The molecule has 214 valence electrons. The third-order valence-corrected chi connectivity index (χ3v) is 7.31. The summed E-state index contributed by atoms with van der Waals surface area (Å²) in [6.07, 6.45) is -3.54. The van der Waals surface area contributed by atoms with Gasteiger partial charge in [0.1, 0.15) is 11.5 Å². The van der Waals surface area contributed by atoms with Crippen LogP contribution >= 0.6 is 11.6 Å². The van der Waals surface area contributed by atoms with Crippen LogP contribution < -0.4 is 4.74 Å². The number of alkyl halides is 3. The number of benzene rings is 4. The van der Waals surface area contributed by atoms with Crippen molar-refractivity contribution in [2.45, 2.75) is 38.4 Å². The highest BCUT2D eigenvalue weighted by molar-refractivity contribution is 6.32. The Morgan fingerprint density at radius 3 is 2.12 bits per heavy atom. The maximum absolute atomic E-state index is 13.6. The molecule has 0 aliphatic carbocycles. The molecule has 0 radical (unpaired) electrons. The Labute approximate surface area is 244 Å². The molecule has 0 amide bonds. The van der Waals surface area contributed by atoms with E-state index in [0.717, 1.165) is 22.8 Å². The van der Waals surface area contributed by atoms with Gasteiger partial charge in [-0.15, -0.1) is 0 Å². The van der Waals surface area contributed by atoms with E-state index in [1.165, 1.54) is 6.07 Å². The molecule has 0 N–H and O–H groups in total. The molecule has 0 aromatic heterocycles. The number of hydrogen-bond acceptors (Lipinski definition) is 3. The van der Waals surface area contributed by atoms with E-state index in [4.69, 9.17) is 16.3 Å². The first-order chi connectivity index (χ1) is 19.7. The molecule has 4 aromatic carbocycles. The van der Waals surface area contributed by atoms with E-state index in [2.05, 4.69) is 29.2 Å². The summed E-state index contributed by atoms with van der Waals surface area (Å²) in [4.78, 5) is 13.6. The first-order valence-electron chi connectivity index (χ1n) is 13.6. The molecule has 0 aliphatic heterocycles. The molecule has 0 saturated carbocycles. The zero-order valence-corrected chi connectivity index (χ0v) is 23.7. The normalized spacial score (nSPS) is 11.7. The monoisotopic (exact) mass is 579 g/mol. The Balaban J connectivity index is 1.54. The van der Waals surface area contributed by atoms with Gasteiger partial charge in [0.15, 0.2) is 0 Å². The molecule has 4 aromatic rings. The van der Waals surface area contributed by atoms with Crippen molar-refractivity contribution in [3.8, 4) is 5.75 Å². The Kier molecular flexibility index (Phi) is 10.6. The van der Waals surface area contributed by atoms with Gasteiger partial charge < -0.3 is 4.74 Å². The lowest BCUT2D eigenvalue weighted by Gasteiger charge is -2.29. The van der Waals surface area contributed by atoms with E-state index in [1.54, 1.807) is 13.0 Å². The van der Waals surface area contributed by atoms with Gasteiger partial charge in [0, 0.05) is 32.0 Å². The van der Waals surface area contributed by atoms with Crippen LogP contribution in [0.4, 0.5) is 13.2 Å². The van der Waals surface area contributed by atoms with E-state index < -0.39 is 11.7 Å². The minimum atomic E-state index is -4.53. The summed E-state index contributed by atoms with van der Waals surface area (Å²) in [5.74, 6) is 0.770. The molecule has 0 unspecified atom stereocenters. The van der Waals surface area contributed by atoms with Crippen molar-refractivity contribution in [2.24, 2.45) is 0 Å². The van der Waals surface area contributed by atoms with E-state index in [-0.39, 0.29) is 23.3 Å². The molecule has 4 rings (SSSR count). The second-order valence-corrected chi connectivity index (χ2v) is 10.5. The Morgan fingerprint density at radius 2 is 1.51 bits per heavy atom. The summed E-state index contributed by atoms with van der Waals surface area (Å²) in [6, 6.07) is 31.7. The molecule has 0 fully saturated rings. The number of rotatable bonds is 13. The van der Waals surface area contributed by atoms with Crippen molar-refractivity contribution < 1.29 is 22.7 Å². The molecule has 0 bridgehead atoms. The van der Waals surface area contributed by atoms with Crippen LogP contribution in [0.25, 0.3) is 0 Å². The van der Waals surface area contributed by atoms with Gasteiger partial charge in [0.05, 0.1) is 17.2 Å². The summed E-state index contributed by atoms with van der Waals surface area (Å²) < 4.78 is 46.8. The minimum Gasteiger partial charge on any atom is -0.494 e. The van der Waals surface area contributed by atoms with Crippen LogP contribution in [0.1, 0.15) is 47.1 Å². The molecule has 0 aliphatic rings. The minimum absolute atomic E-state index is 0.00570.